The second-order valence-corrected chi connectivity index (χ2v) is 6.09. The highest BCUT2D eigenvalue weighted by molar-refractivity contribution is 9.10. The molecule has 7 heteroatoms. The first-order chi connectivity index (χ1) is 9.54. The van der Waals surface area contributed by atoms with Gasteiger partial charge in [0, 0.05) is 4.47 Å². The number of benzene rings is 1. The number of hydrogen-bond acceptors (Lipinski definition) is 5. The smallest absolute Gasteiger partial charge is 0.266 e. The SMILES string of the molecule is Cc1nn2c(=O)/c(=C/c3cccc(Br)c3)sc2nc1=O. The Morgan fingerprint density at radius 3 is 2.90 bits per heavy atom. The molecular weight excluding hydrogens is 342 g/mol. The Bertz CT molecular complexity index is 977. The van der Waals surface area contributed by atoms with Crippen molar-refractivity contribution in [1.29, 1.82) is 0 Å². The average molecular weight is 350 g/mol. The van der Waals surface area contributed by atoms with Crippen molar-refractivity contribution < 1.29 is 0 Å². The molecule has 0 N–H and O–H groups in total. The molecule has 3 aromatic rings. The first-order valence-electron chi connectivity index (χ1n) is 5.72. The number of thiazole rings is 1. The lowest BCUT2D eigenvalue weighted by Gasteiger charge is -1.92. The molecule has 0 aliphatic carbocycles. The summed E-state index contributed by atoms with van der Waals surface area (Å²) in [6, 6.07) is 7.59. The van der Waals surface area contributed by atoms with E-state index in [1.807, 2.05) is 24.3 Å². The summed E-state index contributed by atoms with van der Waals surface area (Å²) in [5.74, 6) is 0. The summed E-state index contributed by atoms with van der Waals surface area (Å²) in [6.07, 6.45) is 1.76. The minimum Gasteiger partial charge on any atom is -0.266 e. The molecule has 2 aromatic heterocycles. The van der Waals surface area contributed by atoms with Crippen LogP contribution in [0, 0.1) is 6.92 Å². The van der Waals surface area contributed by atoms with E-state index in [1.165, 1.54) is 11.4 Å². The van der Waals surface area contributed by atoms with Gasteiger partial charge in [-0.1, -0.05) is 39.4 Å². The normalized spacial score (nSPS) is 12.2. The van der Waals surface area contributed by atoms with Gasteiger partial charge in [-0.05, 0) is 30.7 Å². The molecule has 0 unspecified atom stereocenters. The molecule has 0 atom stereocenters. The third kappa shape index (κ3) is 2.30. The predicted molar refractivity (Wildman–Crippen MR) is 81.1 cm³/mol. The summed E-state index contributed by atoms with van der Waals surface area (Å²) in [5, 5.41) is 3.96. The Morgan fingerprint density at radius 2 is 2.15 bits per heavy atom. The molecule has 0 aliphatic heterocycles. The van der Waals surface area contributed by atoms with Crippen LogP contribution < -0.4 is 15.7 Å². The van der Waals surface area contributed by atoms with Crippen molar-refractivity contribution in [3.05, 3.63) is 65.2 Å². The average Bonchev–Trinajstić information content (AvgIpc) is 2.68. The van der Waals surface area contributed by atoms with Crippen LogP contribution in [0.25, 0.3) is 11.0 Å². The molecule has 0 spiro atoms. The largest absolute Gasteiger partial charge is 0.295 e. The number of rotatable bonds is 1. The quantitative estimate of drug-likeness (QED) is 0.660. The molecule has 2 heterocycles. The van der Waals surface area contributed by atoms with E-state index in [0.29, 0.717) is 9.49 Å². The van der Waals surface area contributed by atoms with Gasteiger partial charge in [0.15, 0.2) is 0 Å². The molecule has 3 rings (SSSR count). The number of fused-ring (bicyclic) bond motifs is 1. The van der Waals surface area contributed by atoms with Crippen LogP contribution in [0.3, 0.4) is 0 Å². The zero-order valence-electron chi connectivity index (χ0n) is 10.3. The van der Waals surface area contributed by atoms with E-state index in [-0.39, 0.29) is 11.3 Å². The van der Waals surface area contributed by atoms with Crippen molar-refractivity contribution in [3.8, 4) is 0 Å². The number of halogens is 1. The predicted octanol–water partition coefficient (Wildman–Crippen LogP) is 1.13. The van der Waals surface area contributed by atoms with Gasteiger partial charge in [0.2, 0.25) is 4.96 Å². The Balaban J connectivity index is 2.30. The fourth-order valence-electron chi connectivity index (χ4n) is 1.73. The maximum atomic E-state index is 12.2. The van der Waals surface area contributed by atoms with Crippen LogP contribution in [0.4, 0.5) is 0 Å². The summed E-state index contributed by atoms with van der Waals surface area (Å²) in [6.45, 7) is 1.54. The van der Waals surface area contributed by atoms with Gasteiger partial charge in [-0.15, -0.1) is 0 Å². The van der Waals surface area contributed by atoms with E-state index in [9.17, 15) is 9.59 Å². The molecular formula is C13H8BrN3O2S. The maximum Gasteiger partial charge on any atom is 0.295 e. The first kappa shape index (κ1) is 13.1. The van der Waals surface area contributed by atoms with Crippen molar-refractivity contribution in [2.24, 2.45) is 0 Å². The lowest BCUT2D eigenvalue weighted by Crippen LogP contribution is -2.27. The molecule has 0 saturated heterocycles. The van der Waals surface area contributed by atoms with Gasteiger partial charge in [-0.25, -0.2) is 0 Å². The molecule has 0 saturated carbocycles. The number of nitrogens with zero attached hydrogens (tertiary/aromatic N) is 3. The van der Waals surface area contributed by atoms with Gasteiger partial charge >= 0.3 is 0 Å². The summed E-state index contributed by atoms with van der Waals surface area (Å²) in [5.41, 5.74) is 0.440. The molecule has 0 bridgehead atoms. The van der Waals surface area contributed by atoms with E-state index < -0.39 is 5.56 Å². The Labute approximate surface area is 125 Å². The van der Waals surface area contributed by atoms with Gasteiger partial charge in [0.05, 0.1) is 4.53 Å². The Morgan fingerprint density at radius 1 is 1.35 bits per heavy atom. The van der Waals surface area contributed by atoms with E-state index in [0.717, 1.165) is 21.4 Å². The Hall–Kier alpha value is -1.86. The van der Waals surface area contributed by atoms with Crippen molar-refractivity contribution in [2.75, 3.05) is 0 Å². The van der Waals surface area contributed by atoms with Crippen molar-refractivity contribution in [1.82, 2.24) is 14.6 Å². The first-order valence-corrected chi connectivity index (χ1v) is 7.33. The van der Waals surface area contributed by atoms with Gasteiger partial charge in [-0.2, -0.15) is 14.6 Å². The van der Waals surface area contributed by atoms with E-state index in [2.05, 4.69) is 26.0 Å². The van der Waals surface area contributed by atoms with Gasteiger partial charge in [0.25, 0.3) is 11.1 Å². The van der Waals surface area contributed by atoms with Crippen molar-refractivity contribution in [2.45, 2.75) is 6.92 Å². The lowest BCUT2D eigenvalue weighted by molar-refractivity contribution is 0.833. The lowest BCUT2D eigenvalue weighted by atomic mass is 10.2. The zero-order chi connectivity index (χ0) is 14.3. The van der Waals surface area contributed by atoms with Crippen LogP contribution in [0.2, 0.25) is 0 Å². The maximum absolute atomic E-state index is 12.2. The third-order valence-corrected chi connectivity index (χ3v) is 4.14. The zero-order valence-corrected chi connectivity index (χ0v) is 12.7. The fraction of sp³-hybridized carbons (Fsp3) is 0.0769. The Kier molecular flexibility index (Phi) is 3.23. The molecule has 100 valence electrons. The highest BCUT2D eigenvalue weighted by Crippen LogP contribution is 2.12. The van der Waals surface area contributed by atoms with Gasteiger partial charge in [0.1, 0.15) is 5.69 Å². The van der Waals surface area contributed by atoms with Gasteiger partial charge < -0.3 is 0 Å². The van der Waals surface area contributed by atoms with Crippen LogP contribution in [0.5, 0.6) is 0 Å². The number of hydrogen-bond donors (Lipinski definition) is 0. The van der Waals surface area contributed by atoms with Gasteiger partial charge in [-0.3, -0.25) is 9.59 Å². The van der Waals surface area contributed by atoms with Crippen LogP contribution >= 0.6 is 27.3 Å². The van der Waals surface area contributed by atoms with Crippen molar-refractivity contribution >= 4 is 38.3 Å². The number of aromatic nitrogens is 3. The van der Waals surface area contributed by atoms with E-state index in [4.69, 9.17) is 0 Å². The summed E-state index contributed by atoms with van der Waals surface area (Å²) < 4.78 is 2.60. The molecule has 0 aliphatic rings. The second kappa shape index (κ2) is 4.92. The molecule has 0 radical (unpaired) electrons. The monoisotopic (exact) mass is 349 g/mol. The molecule has 1 aromatic carbocycles. The van der Waals surface area contributed by atoms with Crippen molar-refractivity contribution in [3.63, 3.8) is 0 Å². The molecule has 5 nitrogen and oxygen atoms in total. The van der Waals surface area contributed by atoms with Crippen LogP contribution in [0.1, 0.15) is 11.3 Å². The fourth-order valence-corrected chi connectivity index (χ4v) is 3.06. The van der Waals surface area contributed by atoms with E-state index in [1.54, 1.807) is 6.08 Å². The minimum absolute atomic E-state index is 0.214. The summed E-state index contributed by atoms with van der Waals surface area (Å²) in [4.78, 5) is 27.8. The summed E-state index contributed by atoms with van der Waals surface area (Å²) >= 11 is 4.54. The van der Waals surface area contributed by atoms with Crippen LogP contribution in [0.15, 0.2) is 38.3 Å². The second-order valence-electron chi connectivity index (χ2n) is 4.17. The molecule has 0 fully saturated rings. The topological polar surface area (TPSA) is 64.3 Å². The minimum atomic E-state index is -0.403. The molecule has 0 amide bonds. The van der Waals surface area contributed by atoms with E-state index >= 15 is 0 Å². The summed E-state index contributed by atoms with van der Waals surface area (Å²) in [7, 11) is 0. The standard InChI is InChI=1S/C13H8BrN3O2S/c1-7-11(18)15-13-17(16-7)12(19)10(20-13)6-8-3-2-4-9(14)5-8/h2-6H,1H3/b10-6-. The molecule has 20 heavy (non-hydrogen) atoms. The third-order valence-electron chi connectivity index (χ3n) is 2.69. The van der Waals surface area contributed by atoms with Crippen LogP contribution in [-0.2, 0) is 0 Å². The highest BCUT2D eigenvalue weighted by Gasteiger charge is 2.08. The van der Waals surface area contributed by atoms with Crippen LogP contribution in [-0.4, -0.2) is 14.6 Å². The highest BCUT2D eigenvalue weighted by atomic mass is 79.9. The number of aryl methyl sites for hydroxylation is 1.